The highest BCUT2D eigenvalue weighted by Crippen LogP contribution is 2.45. The summed E-state index contributed by atoms with van der Waals surface area (Å²) in [5, 5.41) is 0. The molecule has 1 aromatic heterocycles. The number of hydrogen-bond donors (Lipinski definition) is 0. The van der Waals surface area contributed by atoms with Gasteiger partial charge in [0.15, 0.2) is 0 Å². The van der Waals surface area contributed by atoms with E-state index in [1.165, 1.54) is 55.6 Å². The molecule has 3 saturated heterocycles. The molecule has 1 aromatic carbocycles. The summed E-state index contributed by atoms with van der Waals surface area (Å²) in [6.07, 6.45) is 7.97. The van der Waals surface area contributed by atoms with Crippen LogP contribution in [0.15, 0.2) is 36.7 Å². The van der Waals surface area contributed by atoms with E-state index in [-0.39, 0.29) is 0 Å². The van der Waals surface area contributed by atoms with Crippen LogP contribution in [0.2, 0.25) is 0 Å². The van der Waals surface area contributed by atoms with Crippen molar-refractivity contribution in [2.24, 2.45) is 11.8 Å². The Balaban J connectivity index is 1.25. The van der Waals surface area contributed by atoms with E-state index >= 15 is 0 Å². The maximum Gasteiger partial charge on any atom is 0.225 e. The van der Waals surface area contributed by atoms with Crippen LogP contribution in [0.5, 0.6) is 0 Å². The second-order valence-corrected chi connectivity index (χ2v) is 9.30. The molecule has 0 saturated carbocycles. The first-order valence-corrected chi connectivity index (χ1v) is 11.2. The predicted octanol–water partition coefficient (Wildman–Crippen LogP) is 3.51. The molecule has 2 aromatic rings. The lowest BCUT2D eigenvalue weighted by Crippen LogP contribution is -2.31. The summed E-state index contributed by atoms with van der Waals surface area (Å²) in [6.45, 7) is 8.98. The average molecular weight is 392 g/mol. The third-order valence-corrected chi connectivity index (χ3v) is 7.21. The average Bonchev–Trinajstić information content (AvgIpc) is 3.25. The van der Waals surface area contributed by atoms with Gasteiger partial charge in [-0.25, -0.2) is 9.97 Å². The molecule has 154 valence electrons. The van der Waals surface area contributed by atoms with E-state index in [0.29, 0.717) is 6.04 Å². The third-order valence-electron chi connectivity index (χ3n) is 7.21. The van der Waals surface area contributed by atoms with Gasteiger partial charge in [-0.15, -0.1) is 0 Å². The highest BCUT2D eigenvalue weighted by Gasteiger charge is 2.46. The minimum Gasteiger partial charge on any atom is -0.341 e. The number of piperidine rings is 1. The molecule has 3 aliphatic rings. The first kappa shape index (κ1) is 19.0. The Morgan fingerprint density at radius 1 is 0.966 bits per heavy atom. The van der Waals surface area contributed by atoms with Crippen molar-refractivity contribution in [3.63, 3.8) is 0 Å². The fraction of sp³-hybridized carbons (Fsp3) is 0.583. The van der Waals surface area contributed by atoms with Gasteiger partial charge in [0.25, 0.3) is 0 Å². The molecule has 5 rings (SSSR count). The Kier molecular flexibility index (Phi) is 5.27. The number of aromatic nitrogens is 2. The number of likely N-dealkylation sites (tertiary alicyclic amines) is 2. The van der Waals surface area contributed by atoms with E-state index in [4.69, 9.17) is 0 Å². The van der Waals surface area contributed by atoms with Gasteiger partial charge in [-0.2, -0.15) is 0 Å². The molecule has 0 aliphatic carbocycles. The maximum atomic E-state index is 4.68. The van der Waals surface area contributed by atoms with Crippen LogP contribution in [0, 0.1) is 18.8 Å². The molecule has 4 heterocycles. The molecule has 5 nitrogen and oxygen atoms in total. The molecular formula is C24H33N5. The van der Waals surface area contributed by atoms with E-state index in [9.17, 15) is 0 Å². The number of anilines is 1. The summed E-state index contributed by atoms with van der Waals surface area (Å²) in [4.78, 5) is 16.9. The zero-order valence-corrected chi connectivity index (χ0v) is 17.8. The monoisotopic (exact) mass is 391 g/mol. The predicted molar refractivity (Wildman–Crippen MR) is 117 cm³/mol. The lowest BCUT2D eigenvalue weighted by molar-refractivity contribution is 0.224. The van der Waals surface area contributed by atoms with Gasteiger partial charge in [0.05, 0.1) is 0 Å². The van der Waals surface area contributed by atoms with Crippen molar-refractivity contribution in [3.8, 4) is 0 Å². The largest absolute Gasteiger partial charge is 0.341 e. The number of nitrogens with zero attached hydrogens (tertiary/aromatic N) is 5. The minimum atomic E-state index is 0.545. The molecule has 0 bridgehead atoms. The molecule has 5 heteroatoms. The van der Waals surface area contributed by atoms with Crippen molar-refractivity contribution < 1.29 is 0 Å². The second-order valence-electron chi connectivity index (χ2n) is 9.30. The molecule has 0 N–H and O–H groups in total. The van der Waals surface area contributed by atoms with Crippen molar-refractivity contribution >= 4 is 5.95 Å². The van der Waals surface area contributed by atoms with Crippen molar-refractivity contribution in [2.75, 3.05) is 44.7 Å². The van der Waals surface area contributed by atoms with E-state index < -0.39 is 0 Å². The Labute approximate surface area is 174 Å². The second kappa shape index (κ2) is 8.04. The topological polar surface area (TPSA) is 35.5 Å². The van der Waals surface area contributed by atoms with Crippen LogP contribution in [0.3, 0.4) is 0 Å². The third kappa shape index (κ3) is 3.78. The summed E-state index contributed by atoms with van der Waals surface area (Å²) < 4.78 is 0. The Morgan fingerprint density at radius 3 is 2.48 bits per heavy atom. The van der Waals surface area contributed by atoms with Gasteiger partial charge in [-0.1, -0.05) is 24.3 Å². The van der Waals surface area contributed by atoms with Crippen LogP contribution in [0.4, 0.5) is 5.95 Å². The van der Waals surface area contributed by atoms with Crippen molar-refractivity contribution in [1.29, 1.82) is 0 Å². The van der Waals surface area contributed by atoms with E-state index in [1.807, 2.05) is 0 Å². The summed E-state index contributed by atoms with van der Waals surface area (Å²) in [7, 11) is 2.30. The maximum absolute atomic E-state index is 4.68. The van der Waals surface area contributed by atoms with Crippen molar-refractivity contribution in [3.05, 3.63) is 53.3 Å². The number of hydrogen-bond acceptors (Lipinski definition) is 5. The molecule has 0 unspecified atom stereocenters. The van der Waals surface area contributed by atoms with Crippen LogP contribution >= 0.6 is 0 Å². The first-order valence-electron chi connectivity index (χ1n) is 11.2. The standard InChI is InChI=1S/C24H33N5/c1-18-8-4-5-9-21(18)23-22-17-28(16-20(22)15-27(23)2)14-19-12-25-24(26-13-19)29-10-6-3-7-11-29/h4-5,8-9,12-13,20,22-23H,3,6-7,10-11,14-17H2,1-2H3/t20-,22+,23-/m0/s1. The van der Waals surface area contributed by atoms with Crippen LogP contribution in [-0.4, -0.2) is 59.5 Å². The zero-order chi connectivity index (χ0) is 19.8. The smallest absolute Gasteiger partial charge is 0.225 e. The van der Waals surface area contributed by atoms with Gasteiger partial charge in [-0.3, -0.25) is 9.80 Å². The lowest BCUT2D eigenvalue weighted by Gasteiger charge is -2.28. The molecule has 0 spiro atoms. The molecule has 29 heavy (non-hydrogen) atoms. The summed E-state index contributed by atoms with van der Waals surface area (Å²) in [5.74, 6) is 2.39. The van der Waals surface area contributed by atoms with Crippen LogP contribution in [-0.2, 0) is 6.54 Å². The van der Waals surface area contributed by atoms with E-state index in [0.717, 1.165) is 37.4 Å². The van der Waals surface area contributed by atoms with Crippen LogP contribution in [0.25, 0.3) is 0 Å². The lowest BCUT2D eigenvalue weighted by atomic mass is 9.88. The first-order chi connectivity index (χ1) is 14.2. The SMILES string of the molecule is Cc1ccccc1[C@H]1[C@@H]2CN(Cc3cnc(N4CCCCC4)nc3)C[C@@H]2CN1C. The molecule has 3 aliphatic heterocycles. The number of fused-ring (bicyclic) bond motifs is 1. The van der Waals surface area contributed by atoms with Crippen LogP contribution in [0.1, 0.15) is 42.0 Å². The zero-order valence-electron chi connectivity index (χ0n) is 17.8. The fourth-order valence-electron chi connectivity index (χ4n) is 5.81. The summed E-state index contributed by atoms with van der Waals surface area (Å²) in [6, 6.07) is 9.47. The van der Waals surface area contributed by atoms with Crippen LogP contribution < -0.4 is 4.90 Å². The molecule has 0 amide bonds. The van der Waals surface area contributed by atoms with Crippen molar-refractivity contribution in [1.82, 2.24) is 19.8 Å². The van der Waals surface area contributed by atoms with Crippen molar-refractivity contribution in [2.45, 2.75) is 38.8 Å². The molecular weight excluding hydrogens is 358 g/mol. The van der Waals surface area contributed by atoms with Gasteiger partial charge in [0.1, 0.15) is 0 Å². The number of aryl methyl sites for hydroxylation is 1. The number of benzene rings is 1. The quantitative estimate of drug-likeness (QED) is 0.797. The highest BCUT2D eigenvalue weighted by molar-refractivity contribution is 5.32. The molecule has 3 fully saturated rings. The Hall–Kier alpha value is -1.98. The Bertz CT molecular complexity index is 829. The van der Waals surface area contributed by atoms with Gasteiger partial charge in [0, 0.05) is 63.3 Å². The van der Waals surface area contributed by atoms with Gasteiger partial charge in [0.2, 0.25) is 5.95 Å². The van der Waals surface area contributed by atoms with Gasteiger partial charge < -0.3 is 4.90 Å². The Morgan fingerprint density at radius 2 is 1.72 bits per heavy atom. The normalized spacial score (nSPS) is 28.1. The molecule has 3 atom stereocenters. The highest BCUT2D eigenvalue weighted by atomic mass is 15.3. The minimum absolute atomic E-state index is 0.545. The summed E-state index contributed by atoms with van der Waals surface area (Å²) >= 11 is 0. The van der Waals surface area contributed by atoms with Gasteiger partial charge >= 0.3 is 0 Å². The number of rotatable bonds is 4. The van der Waals surface area contributed by atoms with E-state index in [2.05, 4.69) is 75.3 Å². The van der Waals surface area contributed by atoms with Gasteiger partial charge in [-0.05, 0) is 56.2 Å². The van der Waals surface area contributed by atoms with E-state index in [1.54, 1.807) is 0 Å². The molecule has 0 radical (unpaired) electrons. The fourth-order valence-corrected chi connectivity index (χ4v) is 5.81. The summed E-state index contributed by atoms with van der Waals surface area (Å²) in [5.41, 5.74) is 4.18.